The lowest BCUT2D eigenvalue weighted by atomic mass is 10.1. The van der Waals surface area contributed by atoms with Gasteiger partial charge >= 0.3 is 0 Å². The topological polar surface area (TPSA) is 57.8 Å². The van der Waals surface area contributed by atoms with Crippen LogP contribution in [0.3, 0.4) is 0 Å². The van der Waals surface area contributed by atoms with Gasteiger partial charge in [-0.3, -0.25) is 9.56 Å². The van der Waals surface area contributed by atoms with Crippen LogP contribution in [0.4, 0.5) is 0 Å². The first-order valence-corrected chi connectivity index (χ1v) is 6.48. The van der Waals surface area contributed by atoms with Crippen LogP contribution in [0.25, 0.3) is 17.0 Å². The molecule has 4 heteroatoms. The van der Waals surface area contributed by atoms with Crippen molar-refractivity contribution in [3.8, 4) is 5.88 Å². The van der Waals surface area contributed by atoms with Gasteiger partial charge < -0.3 is 10.2 Å². The fourth-order valence-electron chi connectivity index (χ4n) is 2.58. The Bertz CT molecular complexity index is 779. The molecule has 1 aliphatic heterocycles. The van der Waals surface area contributed by atoms with Crippen molar-refractivity contribution < 1.29 is 10.2 Å². The van der Waals surface area contributed by atoms with E-state index in [1.807, 2.05) is 50.3 Å². The second-order valence-corrected chi connectivity index (χ2v) is 4.93. The maximum absolute atomic E-state index is 10.3. The lowest BCUT2D eigenvalue weighted by molar-refractivity contribution is 0.201. The van der Waals surface area contributed by atoms with Crippen molar-refractivity contribution in [3.63, 3.8) is 0 Å². The molecule has 1 aromatic heterocycles. The molecule has 0 unspecified atom stereocenters. The van der Waals surface area contributed by atoms with E-state index in [-0.39, 0.29) is 12.6 Å². The average Bonchev–Trinajstić information content (AvgIpc) is 2.88. The SMILES string of the molecule is CC1=CC(C)=NC1=Cc1c(O)n(CO)c2ccccc12. The molecular weight excluding hydrogens is 252 g/mol. The van der Waals surface area contributed by atoms with Gasteiger partial charge in [0.05, 0.1) is 11.2 Å². The molecule has 3 rings (SSSR count). The summed E-state index contributed by atoms with van der Waals surface area (Å²) < 4.78 is 1.48. The number of aliphatic hydroxyl groups excluding tert-OH is 1. The van der Waals surface area contributed by atoms with E-state index in [1.54, 1.807) is 0 Å². The first kappa shape index (κ1) is 12.7. The van der Waals surface area contributed by atoms with Crippen molar-refractivity contribution >= 4 is 22.7 Å². The quantitative estimate of drug-likeness (QED) is 0.879. The molecule has 4 nitrogen and oxygen atoms in total. The standard InChI is InChI=1S/C16H16N2O2/c1-10-7-11(2)17-14(10)8-13-12-5-3-4-6-15(12)18(9-19)16(13)20/h3-8,19-20H,9H2,1-2H3. The minimum absolute atomic E-state index is 0.0637. The number of aromatic hydroxyl groups is 1. The van der Waals surface area contributed by atoms with Crippen LogP contribution in [0.1, 0.15) is 19.4 Å². The molecule has 0 fully saturated rings. The Morgan fingerprint density at radius 1 is 1.25 bits per heavy atom. The molecule has 20 heavy (non-hydrogen) atoms. The van der Waals surface area contributed by atoms with Crippen molar-refractivity contribution in [1.82, 2.24) is 4.57 Å². The van der Waals surface area contributed by atoms with Gasteiger partial charge in [-0.25, -0.2) is 0 Å². The van der Waals surface area contributed by atoms with Gasteiger partial charge in [0.2, 0.25) is 5.88 Å². The Balaban J connectivity index is 2.25. The van der Waals surface area contributed by atoms with Gasteiger partial charge in [0, 0.05) is 16.7 Å². The van der Waals surface area contributed by atoms with E-state index < -0.39 is 0 Å². The molecule has 0 amide bonds. The first-order chi connectivity index (χ1) is 9.61. The summed E-state index contributed by atoms with van der Waals surface area (Å²) in [4.78, 5) is 4.45. The summed E-state index contributed by atoms with van der Waals surface area (Å²) in [6, 6.07) is 7.60. The van der Waals surface area contributed by atoms with Crippen LogP contribution in [0.2, 0.25) is 0 Å². The van der Waals surface area contributed by atoms with Crippen LogP contribution in [-0.2, 0) is 6.73 Å². The Kier molecular flexibility index (Phi) is 2.95. The Labute approximate surface area is 117 Å². The van der Waals surface area contributed by atoms with Crippen molar-refractivity contribution in [2.45, 2.75) is 20.6 Å². The van der Waals surface area contributed by atoms with E-state index in [0.29, 0.717) is 5.56 Å². The molecule has 0 spiro atoms. The number of rotatable bonds is 2. The van der Waals surface area contributed by atoms with E-state index in [0.717, 1.165) is 27.9 Å². The lowest BCUT2D eigenvalue weighted by Gasteiger charge is -2.01. The van der Waals surface area contributed by atoms with Gasteiger partial charge in [0.1, 0.15) is 6.73 Å². The van der Waals surface area contributed by atoms with Crippen molar-refractivity contribution in [1.29, 1.82) is 0 Å². The Hall–Kier alpha value is -2.33. The number of benzene rings is 1. The minimum atomic E-state index is -0.257. The fourth-order valence-corrected chi connectivity index (χ4v) is 2.58. The molecule has 0 aliphatic carbocycles. The maximum atomic E-state index is 10.3. The second-order valence-electron chi connectivity index (χ2n) is 4.93. The van der Waals surface area contributed by atoms with Crippen LogP contribution < -0.4 is 0 Å². The minimum Gasteiger partial charge on any atom is -0.494 e. The summed E-state index contributed by atoms with van der Waals surface area (Å²) in [5, 5.41) is 20.6. The van der Waals surface area contributed by atoms with Crippen molar-refractivity contribution in [3.05, 3.63) is 47.2 Å². The van der Waals surface area contributed by atoms with E-state index >= 15 is 0 Å². The van der Waals surface area contributed by atoms with Crippen molar-refractivity contribution in [2.75, 3.05) is 0 Å². The molecule has 1 aliphatic rings. The van der Waals surface area contributed by atoms with E-state index in [9.17, 15) is 10.2 Å². The van der Waals surface area contributed by atoms with E-state index in [2.05, 4.69) is 4.99 Å². The molecule has 2 N–H and O–H groups in total. The van der Waals surface area contributed by atoms with Crippen LogP contribution >= 0.6 is 0 Å². The second kappa shape index (κ2) is 4.65. The molecular formula is C16H16N2O2. The summed E-state index contributed by atoms with van der Waals surface area (Å²) in [6.07, 6.45) is 3.88. The van der Waals surface area contributed by atoms with Crippen LogP contribution in [0.15, 0.2) is 46.6 Å². The Morgan fingerprint density at radius 3 is 2.65 bits per heavy atom. The number of para-hydroxylation sites is 1. The molecule has 0 bridgehead atoms. The average molecular weight is 268 g/mol. The van der Waals surface area contributed by atoms with Crippen LogP contribution in [-0.4, -0.2) is 20.5 Å². The van der Waals surface area contributed by atoms with Gasteiger partial charge in [-0.2, -0.15) is 0 Å². The number of aromatic nitrogens is 1. The maximum Gasteiger partial charge on any atom is 0.201 e. The van der Waals surface area contributed by atoms with Gasteiger partial charge in [-0.1, -0.05) is 18.2 Å². The number of hydrogen-bond acceptors (Lipinski definition) is 3. The van der Waals surface area contributed by atoms with E-state index in [1.165, 1.54) is 4.57 Å². The van der Waals surface area contributed by atoms with Gasteiger partial charge in [-0.05, 0) is 37.6 Å². The lowest BCUT2D eigenvalue weighted by Crippen LogP contribution is -1.94. The monoisotopic (exact) mass is 268 g/mol. The zero-order valence-electron chi connectivity index (χ0n) is 11.5. The highest BCUT2D eigenvalue weighted by Gasteiger charge is 2.16. The highest BCUT2D eigenvalue weighted by Crippen LogP contribution is 2.34. The van der Waals surface area contributed by atoms with Crippen molar-refractivity contribution in [2.24, 2.45) is 4.99 Å². The molecule has 0 saturated carbocycles. The molecule has 1 aromatic carbocycles. The fraction of sp³-hybridized carbons (Fsp3) is 0.188. The zero-order chi connectivity index (χ0) is 14.3. The third-order valence-electron chi connectivity index (χ3n) is 3.53. The molecule has 2 aromatic rings. The molecule has 102 valence electrons. The zero-order valence-corrected chi connectivity index (χ0v) is 11.5. The number of nitrogens with zero attached hydrogens (tertiary/aromatic N) is 2. The largest absolute Gasteiger partial charge is 0.494 e. The third-order valence-corrected chi connectivity index (χ3v) is 3.53. The predicted octanol–water partition coefficient (Wildman–Crippen LogP) is 3.06. The highest BCUT2D eigenvalue weighted by atomic mass is 16.3. The predicted molar refractivity (Wildman–Crippen MR) is 80.7 cm³/mol. The third kappa shape index (κ3) is 1.85. The summed E-state index contributed by atoms with van der Waals surface area (Å²) in [5.41, 5.74) is 4.37. The van der Waals surface area contributed by atoms with Crippen LogP contribution in [0, 0.1) is 0 Å². The van der Waals surface area contributed by atoms with Crippen LogP contribution in [0.5, 0.6) is 5.88 Å². The number of fused-ring (bicyclic) bond motifs is 1. The normalized spacial score (nSPS) is 16.9. The molecule has 2 heterocycles. The smallest absolute Gasteiger partial charge is 0.201 e. The molecule has 0 atom stereocenters. The summed E-state index contributed by atoms with van der Waals surface area (Å²) in [5.74, 6) is 0.0637. The number of aliphatic imine (C=N–C) groups is 1. The first-order valence-electron chi connectivity index (χ1n) is 6.48. The molecule has 0 radical (unpaired) electrons. The molecule has 0 saturated heterocycles. The van der Waals surface area contributed by atoms with Gasteiger partial charge in [0.15, 0.2) is 0 Å². The Morgan fingerprint density at radius 2 is 2.00 bits per heavy atom. The number of aliphatic hydroxyl groups is 1. The number of allylic oxidation sites excluding steroid dienone is 2. The summed E-state index contributed by atoms with van der Waals surface area (Å²) in [6.45, 7) is 3.68. The summed E-state index contributed by atoms with van der Waals surface area (Å²) in [7, 11) is 0. The number of hydrogen-bond donors (Lipinski definition) is 2. The van der Waals surface area contributed by atoms with Gasteiger partial charge in [0.25, 0.3) is 0 Å². The highest BCUT2D eigenvalue weighted by molar-refractivity contribution is 6.00. The summed E-state index contributed by atoms with van der Waals surface area (Å²) >= 11 is 0. The van der Waals surface area contributed by atoms with E-state index in [4.69, 9.17) is 0 Å². The van der Waals surface area contributed by atoms with Gasteiger partial charge in [-0.15, -0.1) is 0 Å².